The largest absolute Gasteiger partial charge is 0.487 e. The van der Waals surface area contributed by atoms with Gasteiger partial charge in [-0.15, -0.1) is 0 Å². The number of benzene rings is 2. The van der Waals surface area contributed by atoms with E-state index in [9.17, 15) is 9.18 Å². The number of furan rings is 1. The molecule has 1 aliphatic rings. The Morgan fingerprint density at radius 2 is 1.70 bits per heavy atom. The molecule has 4 rings (SSSR count). The van der Waals surface area contributed by atoms with Crippen molar-refractivity contribution in [3.8, 4) is 11.5 Å². The fourth-order valence-corrected chi connectivity index (χ4v) is 5.46. The molecule has 37 heavy (non-hydrogen) atoms. The number of ketones is 1. The molecule has 1 unspecified atom stereocenters. The van der Waals surface area contributed by atoms with Crippen LogP contribution in [-0.2, 0) is 0 Å². The van der Waals surface area contributed by atoms with Crippen LogP contribution in [0.1, 0.15) is 91.1 Å². The molecule has 1 atom stereocenters. The molecule has 0 radical (unpaired) electrons. The Bertz CT molecular complexity index is 1220. The molecule has 5 nitrogen and oxygen atoms in total. The quantitative estimate of drug-likeness (QED) is 0.213. The second kappa shape index (κ2) is 12.1. The normalized spacial score (nSPS) is 15.2. The molecule has 1 heterocycles. The zero-order valence-corrected chi connectivity index (χ0v) is 22.8. The van der Waals surface area contributed by atoms with Gasteiger partial charge in [-0.25, -0.2) is 4.39 Å². The maximum absolute atomic E-state index is 13.3. The molecule has 2 aromatic carbocycles. The molecule has 1 saturated carbocycles. The Balaban J connectivity index is 1.58. The van der Waals surface area contributed by atoms with Gasteiger partial charge in [0.2, 0.25) is 5.75 Å². The number of nitrogens with one attached hydrogen (secondary N) is 1. The molecule has 6 heteroatoms. The third-order valence-corrected chi connectivity index (χ3v) is 7.75. The zero-order chi connectivity index (χ0) is 26.5. The van der Waals surface area contributed by atoms with Gasteiger partial charge in [-0.3, -0.25) is 4.79 Å². The third kappa shape index (κ3) is 6.18. The molecule has 1 aromatic heterocycles. The summed E-state index contributed by atoms with van der Waals surface area (Å²) in [6.45, 7) is 11.1. The van der Waals surface area contributed by atoms with E-state index in [1.165, 1.54) is 44.2 Å². The van der Waals surface area contributed by atoms with Crippen molar-refractivity contribution >= 4 is 16.8 Å². The summed E-state index contributed by atoms with van der Waals surface area (Å²) in [7, 11) is 0. The van der Waals surface area contributed by atoms with Gasteiger partial charge >= 0.3 is 0 Å². The van der Waals surface area contributed by atoms with Crippen LogP contribution in [0.3, 0.4) is 0 Å². The van der Waals surface area contributed by atoms with Gasteiger partial charge in [-0.2, -0.15) is 0 Å². The lowest BCUT2D eigenvalue weighted by Gasteiger charge is -2.23. The van der Waals surface area contributed by atoms with E-state index in [2.05, 4.69) is 12.2 Å². The van der Waals surface area contributed by atoms with Crippen LogP contribution in [0, 0.1) is 26.6 Å². The van der Waals surface area contributed by atoms with Crippen molar-refractivity contribution in [2.75, 3.05) is 19.8 Å². The Morgan fingerprint density at radius 3 is 2.38 bits per heavy atom. The third-order valence-electron chi connectivity index (χ3n) is 7.75. The average molecular weight is 510 g/mol. The first-order chi connectivity index (χ1) is 17.8. The number of hydrogen-bond donors (Lipinski definition) is 1. The molecule has 3 aromatic rings. The maximum Gasteiger partial charge on any atom is 0.205 e. The molecule has 0 spiro atoms. The van der Waals surface area contributed by atoms with Gasteiger partial charge in [0.05, 0.1) is 12.2 Å². The molecule has 0 saturated heterocycles. The highest BCUT2D eigenvalue weighted by molar-refractivity contribution is 6.06. The van der Waals surface area contributed by atoms with E-state index in [0.717, 1.165) is 34.3 Å². The second-order valence-corrected chi connectivity index (χ2v) is 10.4. The Hall–Kier alpha value is -2.86. The smallest absolute Gasteiger partial charge is 0.205 e. The van der Waals surface area contributed by atoms with Gasteiger partial charge in [-0.05, 0) is 81.7 Å². The lowest BCUT2D eigenvalue weighted by molar-refractivity contribution is 0.101. The molecule has 0 amide bonds. The van der Waals surface area contributed by atoms with Crippen molar-refractivity contribution < 1.29 is 23.1 Å². The molecule has 1 N–H and O–H groups in total. The lowest BCUT2D eigenvalue weighted by atomic mass is 9.95. The molecule has 1 aliphatic carbocycles. The number of halogens is 1. The highest BCUT2D eigenvalue weighted by Crippen LogP contribution is 2.45. The predicted octanol–water partition coefficient (Wildman–Crippen LogP) is 7.57. The van der Waals surface area contributed by atoms with E-state index in [1.54, 1.807) is 6.92 Å². The van der Waals surface area contributed by atoms with Gasteiger partial charge in [0.15, 0.2) is 17.1 Å². The van der Waals surface area contributed by atoms with E-state index in [4.69, 9.17) is 13.9 Å². The Kier molecular flexibility index (Phi) is 8.91. The van der Waals surface area contributed by atoms with Crippen LogP contribution in [0.25, 0.3) is 11.0 Å². The van der Waals surface area contributed by atoms with Crippen LogP contribution in [0.2, 0.25) is 0 Å². The van der Waals surface area contributed by atoms with Gasteiger partial charge in [0, 0.05) is 18.0 Å². The first kappa shape index (κ1) is 27.2. The van der Waals surface area contributed by atoms with Crippen molar-refractivity contribution in [3.05, 3.63) is 58.1 Å². The molecule has 200 valence electrons. The van der Waals surface area contributed by atoms with Crippen molar-refractivity contribution in [1.29, 1.82) is 0 Å². The summed E-state index contributed by atoms with van der Waals surface area (Å²) >= 11 is 0. The lowest BCUT2D eigenvalue weighted by Crippen LogP contribution is -2.34. The van der Waals surface area contributed by atoms with Crippen LogP contribution in [0.4, 0.5) is 4.39 Å². The summed E-state index contributed by atoms with van der Waals surface area (Å²) in [6, 6.07) is 7.12. The fraction of sp³-hybridized carbons (Fsp3) is 0.516. The molecule has 0 aliphatic heterocycles. The number of carbonyl (C=O) groups excluding carboxylic acids is 1. The second-order valence-electron chi connectivity index (χ2n) is 10.4. The average Bonchev–Trinajstić information content (AvgIpc) is 3.18. The Morgan fingerprint density at radius 1 is 1.03 bits per heavy atom. The first-order valence-corrected chi connectivity index (χ1v) is 13.6. The van der Waals surface area contributed by atoms with Crippen molar-refractivity contribution in [2.24, 2.45) is 0 Å². The highest BCUT2D eigenvalue weighted by atomic mass is 19.1. The van der Waals surface area contributed by atoms with Gasteiger partial charge in [0.25, 0.3) is 0 Å². The van der Waals surface area contributed by atoms with E-state index in [0.29, 0.717) is 48.4 Å². The monoisotopic (exact) mass is 509 g/mol. The highest BCUT2D eigenvalue weighted by Gasteiger charge is 2.27. The molecular weight excluding hydrogens is 469 g/mol. The zero-order valence-electron chi connectivity index (χ0n) is 22.8. The van der Waals surface area contributed by atoms with Crippen LogP contribution in [0.15, 0.2) is 28.7 Å². The standard InChI is InChI=1S/C31H40FNO4/c1-19(24-11-13-25(32)14-12-24)15-17-35-31-29(36-18-16-33-26-9-7-6-8-10-26)28(22(4)34)21(3)27-20(2)23(5)37-30(27)31/h11-14,19,26,33H,6-10,15-18H2,1-5H3. The van der Waals surface area contributed by atoms with Crippen molar-refractivity contribution in [1.82, 2.24) is 5.32 Å². The minimum Gasteiger partial charge on any atom is -0.487 e. The fourth-order valence-electron chi connectivity index (χ4n) is 5.46. The number of fused-ring (bicyclic) bond motifs is 1. The van der Waals surface area contributed by atoms with E-state index >= 15 is 0 Å². The summed E-state index contributed by atoms with van der Waals surface area (Å²) in [4.78, 5) is 12.9. The van der Waals surface area contributed by atoms with Crippen LogP contribution >= 0.6 is 0 Å². The number of hydrogen-bond acceptors (Lipinski definition) is 5. The maximum atomic E-state index is 13.3. The SMILES string of the molecule is CC(=O)c1c(OCCNC2CCCCC2)c(OCCC(C)c2ccc(F)cc2)c2oc(C)c(C)c2c1C. The number of carbonyl (C=O) groups is 1. The molecule has 1 fully saturated rings. The predicted molar refractivity (Wildman–Crippen MR) is 146 cm³/mol. The minimum absolute atomic E-state index is 0.0579. The van der Waals surface area contributed by atoms with Crippen molar-refractivity contribution in [3.63, 3.8) is 0 Å². The summed E-state index contributed by atoms with van der Waals surface area (Å²) in [6.07, 6.45) is 6.99. The van der Waals surface area contributed by atoms with Crippen LogP contribution < -0.4 is 14.8 Å². The number of Topliss-reactive ketones (excluding diaryl/α,β-unsaturated/α-hetero) is 1. The summed E-state index contributed by atoms with van der Waals surface area (Å²) in [5.74, 6) is 1.63. The van der Waals surface area contributed by atoms with Crippen LogP contribution in [0.5, 0.6) is 11.5 Å². The van der Waals surface area contributed by atoms with Crippen molar-refractivity contribution in [2.45, 2.75) is 85.1 Å². The number of ether oxygens (including phenoxy) is 2. The summed E-state index contributed by atoms with van der Waals surface area (Å²) in [5, 5.41) is 4.52. The first-order valence-electron chi connectivity index (χ1n) is 13.6. The number of rotatable bonds is 11. The molecule has 0 bridgehead atoms. The summed E-state index contributed by atoms with van der Waals surface area (Å²) in [5.41, 5.74) is 4.10. The van der Waals surface area contributed by atoms with Gasteiger partial charge in [0.1, 0.15) is 18.2 Å². The molecular formula is C31H40FNO4. The van der Waals surface area contributed by atoms with Gasteiger partial charge < -0.3 is 19.2 Å². The summed E-state index contributed by atoms with van der Waals surface area (Å²) < 4.78 is 32.2. The van der Waals surface area contributed by atoms with E-state index in [1.807, 2.05) is 32.9 Å². The van der Waals surface area contributed by atoms with Crippen LogP contribution in [-0.4, -0.2) is 31.6 Å². The topological polar surface area (TPSA) is 60.7 Å². The number of aryl methyl sites for hydroxylation is 3. The van der Waals surface area contributed by atoms with E-state index in [-0.39, 0.29) is 17.5 Å². The Labute approximate surface area is 219 Å². The van der Waals surface area contributed by atoms with Gasteiger partial charge in [-0.1, -0.05) is 38.3 Å². The minimum atomic E-state index is -0.241. The van der Waals surface area contributed by atoms with E-state index < -0.39 is 0 Å².